The van der Waals surface area contributed by atoms with E-state index in [4.69, 9.17) is 12.2 Å². The normalized spacial score (nSPS) is 20.1. The molecule has 0 aromatic heterocycles. The van der Waals surface area contributed by atoms with E-state index in [1.807, 2.05) is 35.2 Å². The van der Waals surface area contributed by atoms with Crippen molar-refractivity contribution in [3.8, 4) is 0 Å². The Hall–Kier alpha value is -1.18. The fourth-order valence-corrected chi connectivity index (χ4v) is 4.43. The second kappa shape index (κ2) is 7.80. The second-order valence-corrected chi connectivity index (χ2v) is 8.36. The molecule has 2 amide bonds. The largest absolute Gasteiger partial charge is 0.341 e. The molecule has 1 aromatic carbocycles. The molecule has 2 saturated heterocycles. The topological polar surface area (TPSA) is 40.6 Å². The van der Waals surface area contributed by atoms with Crippen molar-refractivity contribution in [3.63, 3.8) is 0 Å². The van der Waals surface area contributed by atoms with Crippen LogP contribution in [-0.4, -0.2) is 45.6 Å². The lowest BCUT2D eigenvalue weighted by Gasteiger charge is -2.28. The zero-order valence-corrected chi connectivity index (χ0v) is 16.3. The van der Waals surface area contributed by atoms with Crippen molar-refractivity contribution in [2.24, 2.45) is 0 Å². The maximum absolute atomic E-state index is 12.6. The molecule has 0 atom stereocenters. The Labute approximate surface area is 159 Å². The highest BCUT2D eigenvalue weighted by Gasteiger charge is 2.34. The predicted molar refractivity (Wildman–Crippen MR) is 104 cm³/mol. The molecule has 0 N–H and O–H groups in total. The average molecular weight is 425 g/mol. The zero-order chi connectivity index (χ0) is 17.1. The number of benzene rings is 1. The third-order valence-electron chi connectivity index (χ3n) is 4.02. The molecule has 2 aliphatic rings. The summed E-state index contributed by atoms with van der Waals surface area (Å²) < 4.78 is 1.40. The minimum absolute atomic E-state index is 0.0188. The van der Waals surface area contributed by atoms with Gasteiger partial charge >= 0.3 is 0 Å². The lowest BCUT2D eigenvalue weighted by atomic mass is 10.1. The van der Waals surface area contributed by atoms with E-state index >= 15 is 0 Å². The van der Waals surface area contributed by atoms with Crippen molar-refractivity contribution in [2.45, 2.75) is 19.3 Å². The summed E-state index contributed by atoms with van der Waals surface area (Å²) in [5, 5.41) is 0. The third kappa shape index (κ3) is 4.07. The molecule has 0 bridgehead atoms. The minimum Gasteiger partial charge on any atom is -0.341 e. The van der Waals surface area contributed by atoms with E-state index in [0.717, 1.165) is 36.0 Å². The van der Waals surface area contributed by atoms with Crippen LogP contribution in [0.1, 0.15) is 24.8 Å². The summed E-state index contributed by atoms with van der Waals surface area (Å²) in [7, 11) is 0. The predicted octanol–water partition coefficient (Wildman–Crippen LogP) is 3.66. The molecule has 2 fully saturated rings. The quantitative estimate of drug-likeness (QED) is 0.548. The number of carbonyl (C=O) groups excluding carboxylic acids is 2. The van der Waals surface area contributed by atoms with Crippen molar-refractivity contribution in [3.05, 3.63) is 39.2 Å². The van der Waals surface area contributed by atoms with Gasteiger partial charge in [0.2, 0.25) is 5.91 Å². The fraction of sp³-hybridized carbons (Fsp3) is 0.353. The number of rotatable bonds is 3. The molecule has 1 aromatic rings. The van der Waals surface area contributed by atoms with Crippen molar-refractivity contribution in [1.82, 2.24) is 9.80 Å². The molecule has 3 rings (SSSR count). The number of halogens is 1. The summed E-state index contributed by atoms with van der Waals surface area (Å²) in [4.78, 5) is 28.8. The minimum atomic E-state index is -0.185. The van der Waals surface area contributed by atoms with Gasteiger partial charge in [-0.2, -0.15) is 0 Å². The first-order valence-electron chi connectivity index (χ1n) is 7.83. The lowest BCUT2D eigenvalue weighted by Crippen LogP contribution is -2.44. The number of hydrogen-bond acceptors (Lipinski definition) is 4. The summed E-state index contributed by atoms with van der Waals surface area (Å²) >= 11 is 9.98. The molecule has 24 heavy (non-hydrogen) atoms. The van der Waals surface area contributed by atoms with Crippen LogP contribution in [0.25, 0.3) is 6.08 Å². The third-order valence-corrected chi connectivity index (χ3v) is 5.89. The van der Waals surface area contributed by atoms with E-state index in [-0.39, 0.29) is 18.4 Å². The first kappa shape index (κ1) is 17.6. The summed E-state index contributed by atoms with van der Waals surface area (Å²) in [6, 6.07) is 7.71. The SMILES string of the molecule is O=C(CN1C(=O)C(=Cc2cccc(Br)c2)SC1=S)N1CCCCC1. The van der Waals surface area contributed by atoms with E-state index in [1.54, 1.807) is 0 Å². The van der Waals surface area contributed by atoms with Crippen molar-refractivity contribution in [1.29, 1.82) is 0 Å². The van der Waals surface area contributed by atoms with Gasteiger partial charge in [-0.05, 0) is 43.0 Å². The molecule has 0 radical (unpaired) electrons. The summed E-state index contributed by atoms with van der Waals surface area (Å²) in [5.74, 6) is -0.204. The van der Waals surface area contributed by atoms with Gasteiger partial charge in [-0.3, -0.25) is 14.5 Å². The highest BCUT2D eigenvalue weighted by Crippen LogP contribution is 2.32. The van der Waals surface area contributed by atoms with Gasteiger partial charge in [0.25, 0.3) is 5.91 Å². The molecule has 126 valence electrons. The average Bonchev–Trinajstić information content (AvgIpc) is 2.83. The van der Waals surface area contributed by atoms with E-state index in [1.165, 1.54) is 23.1 Å². The zero-order valence-electron chi connectivity index (χ0n) is 13.0. The van der Waals surface area contributed by atoms with Crippen molar-refractivity contribution < 1.29 is 9.59 Å². The molecule has 2 aliphatic heterocycles. The van der Waals surface area contributed by atoms with Gasteiger partial charge in [0.05, 0.1) is 4.91 Å². The maximum atomic E-state index is 12.6. The molecule has 7 heteroatoms. The van der Waals surface area contributed by atoms with E-state index in [9.17, 15) is 9.59 Å². The van der Waals surface area contributed by atoms with E-state index in [2.05, 4.69) is 15.9 Å². The van der Waals surface area contributed by atoms with Crippen LogP contribution in [0.5, 0.6) is 0 Å². The van der Waals surface area contributed by atoms with Crippen LogP contribution in [0.2, 0.25) is 0 Å². The number of amides is 2. The molecule has 0 unspecified atom stereocenters. The first-order valence-corrected chi connectivity index (χ1v) is 9.85. The molecule has 2 heterocycles. The summed E-state index contributed by atoms with van der Waals surface area (Å²) in [5.41, 5.74) is 0.923. The van der Waals surface area contributed by atoms with Gasteiger partial charge < -0.3 is 4.90 Å². The highest BCUT2D eigenvalue weighted by atomic mass is 79.9. The summed E-state index contributed by atoms with van der Waals surface area (Å²) in [6.45, 7) is 1.60. The Morgan fingerprint density at radius 1 is 1.29 bits per heavy atom. The Bertz CT molecular complexity index is 714. The smallest absolute Gasteiger partial charge is 0.266 e. The molecule has 0 aliphatic carbocycles. The van der Waals surface area contributed by atoms with Crippen molar-refractivity contribution >= 4 is 62.1 Å². The number of thioether (sulfide) groups is 1. The van der Waals surface area contributed by atoms with Crippen LogP contribution in [0, 0.1) is 0 Å². The number of likely N-dealkylation sites (tertiary alicyclic amines) is 1. The standard InChI is InChI=1S/C17H17BrN2O2S2/c18-13-6-4-5-12(9-13)10-14-16(22)20(17(23)24-14)11-15(21)19-7-2-1-3-8-19/h4-6,9-10H,1-3,7-8,11H2. The van der Waals surface area contributed by atoms with Crippen LogP contribution in [0.15, 0.2) is 33.6 Å². The highest BCUT2D eigenvalue weighted by molar-refractivity contribution is 9.10. The van der Waals surface area contributed by atoms with Crippen LogP contribution in [-0.2, 0) is 9.59 Å². The van der Waals surface area contributed by atoms with Gasteiger partial charge in [-0.15, -0.1) is 0 Å². The van der Waals surface area contributed by atoms with Gasteiger partial charge in [0, 0.05) is 17.6 Å². The Kier molecular flexibility index (Phi) is 5.73. The number of thiocarbonyl (C=S) groups is 1. The first-order chi connectivity index (χ1) is 11.5. The molecule has 0 saturated carbocycles. The Balaban J connectivity index is 1.71. The summed E-state index contributed by atoms with van der Waals surface area (Å²) in [6.07, 6.45) is 5.05. The fourth-order valence-electron chi connectivity index (χ4n) is 2.76. The maximum Gasteiger partial charge on any atom is 0.266 e. The number of hydrogen-bond donors (Lipinski definition) is 0. The lowest BCUT2D eigenvalue weighted by molar-refractivity contribution is -0.136. The number of nitrogens with zero attached hydrogens (tertiary/aromatic N) is 2. The van der Waals surface area contributed by atoms with Crippen LogP contribution < -0.4 is 0 Å². The number of piperidine rings is 1. The second-order valence-electron chi connectivity index (χ2n) is 5.76. The molecule has 4 nitrogen and oxygen atoms in total. The number of carbonyl (C=O) groups is 2. The molecular weight excluding hydrogens is 408 g/mol. The van der Waals surface area contributed by atoms with Gasteiger partial charge in [-0.25, -0.2) is 0 Å². The van der Waals surface area contributed by atoms with Crippen LogP contribution >= 0.6 is 39.9 Å². The van der Waals surface area contributed by atoms with Crippen LogP contribution in [0.3, 0.4) is 0 Å². The van der Waals surface area contributed by atoms with Crippen LogP contribution in [0.4, 0.5) is 0 Å². The van der Waals surface area contributed by atoms with E-state index in [0.29, 0.717) is 9.23 Å². The molecular formula is C17H17BrN2O2S2. The molecule has 0 spiro atoms. The van der Waals surface area contributed by atoms with Crippen molar-refractivity contribution in [2.75, 3.05) is 19.6 Å². The Morgan fingerprint density at radius 2 is 2.04 bits per heavy atom. The van der Waals surface area contributed by atoms with E-state index < -0.39 is 0 Å². The van der Waals surface area contributed by atoms with Gasteiger partial charge in [0.1, 0.15) is 10.9 Å². The van der Waals surface area contributed by atoms with Gasteiger partial charge in [0.15, 0.2) is 0 Å². The van der Waals surface area contributed by atoms with Gasteiger partial charge in [-0.1, -0.05) is 52.0 Å². The monoisotopic (exact) mass is 424 g/mol. The Morgan fingerprint density at radius 3 is 2.75 bits per heavy atom.